The van der Waals surface area contributed by atoms with Crippen LogP contribution in [-0.4, -0.2) is 207 Å². The molecule has 10 rings (SSSR count). The molecular formula is C94H132N12O16P2S2. The van der Waals surface area contributed by atoms with Gasteiger partial charge < -0.3 is 63.1 Å². The van der Waals surface area contributed by atoms with Gasteiger partial charge in [-0.2, -0.15) is 0 Å². The van der Waals surface area contributed by atoms with Crippen LogP contribution in [0.4, 0.5) is 9.59 Å². The number of primary amides is 1. The Hall–Kier alpha value is -9.24. The molecule has 14 amide bonds. The quantitative estimate of drug-likeness (QED) is 0.0189. The van der Waals surface area contributed by atoms with Crippen molar-refractivity contribution < 1.29 is 76.6 Å². The number of nitrogens with two attached hydrogens (primary N) is 1. The molecule has 0 aromatic heterocycles. The predicted molar refractivity (Wildman–Crippen MR) is 494 cm³/mol. The Kier molecular flexibility index (Phi) is 34.3. The summed E-state index contributed by atoms with van der Waals surface area (Å²) in [5.41, 5.74) is 8.36. The highest BCUT2D eigenvalue weighted by molar-refractivity contribution is 8.15. The van der Waals surface area contributed by atoms with E-state index in [1.807, 2.05) is 97.1 Å². The van der Waals surface area contributed by atoms with E-state index in [0.717, 1.165) is 126 Å². The van der Waals surface area contributed by atoms with Crippen LogP contribution in [-0.2, 0) is 90.6 Å². The van der Waals surface area contributed by atoms with E-state index < -0.39 is 185 Å². The molecule has 0 bridgehead atoms. The molecule has 32 heteroatoms. The first kappa shape index (κ1) is 98.9. The SMILES string of the molecule is CC[C@H](C)[C@H](NC(=O)[C@H](C)NC(=O)C(C)(C)NC(=O)[C@H](C)NC(C)=O)C(=O)N[C@@H](C)C(=O)N[C@@H](C)C(=O)N(C(=O)OCC1c2ccccc2-c2ccccc21)[C@@H](CP(=S)(C1CCCCC1)C1CCCCC1)C(=O)N(C(=O)OCC1c2ccccc2-c2ccccc21)[C@@H](CP(=S)(C1CCCCC1)C1CCCCC1)C(=O)N[C@@H](C)C(=O)NC(C)(C)C(=O)N[C@@H](C)C(N)=O. The lowest BCUT2D eigenvalue weighted by Gasteiger charge is -2.46. The van der Waals surface area contributed by atoms with E-state index in [0.29, 0.717) is 62.7 Å². The fraction of sp³-hybridized carbons (Fsp3) is 0.596. The fourth-order valence-corrected chi connectivity index (χ4v) is 31.6. The molecule has 11 N–H and O–H groups in total. The van der Waals surface area contributed by atoms with Crippen LogP contribution in [0.1, 0.15) is 259 Å². The predicted octanol–water partition coefficient (Wildman–Crippen LogP) is 11.4. The standard InChI is InChI=1S/C94H132N12O16P2S2/c1-14-55(2)79(102-82(110)58(5)101-90(118)94(12,13)103-83(111)59(6)96-62(9)107)86(114)98-57(4)81(109)99-61(8)87(115)106(92(120)122-52-76-73-49-33-29-45-69(73)70-46-30-34-50-74(70)76)78(54-124(126,65-39-23-17-24-40-65)66-41-25-18-26-42-66)88(116)105(91(119)121-51-75-71-47-31-27-43-67(71)68-44-28-32-48-72(68)75)77(53-123(125,63-35-19-15-20-36-63)64-37-21-16-22-38-64)85(113)97-60(7)84(112)104-93(10,11)89(117)100-56(3)80(95)108/h27-34,43-50,55-61,63-66,75-79H,14-26,35-42,51-54H2,1-13H3,(H2,95,108)(H,96,107)(H,97,113)(H,98,114)(H,99,109)(H,100,117)(H,101,118)(H,102,110)(H,103,111)(H,104,112)/t55-,56-,57-,58-,59-,60-,61-,77-,78-,79-/m0/s1. The largest absolute Gasteiger partial charge is 0.448 e. The van der Waals surface area contributed by atoms with Crippen molar-refractivity contribution in [2.24, 2.45) is 11.7 Å². The fourth-order valence-electron chi connectivity index (χ4n) is 19.1. The van der Waals surface area contributed by atoms with E-state index in [-0.39, 0.29) is 41.6 Å². The van der Waals surface area contributed by atoms with Crippen LogP contribution in [0, 0.1) is 5.92 Å². The summed E-state index contributed by atoms with van der Waals surface area (Å²) in [6.45, 7) is 17.8. The number of amides is 14. The number of fused-ring (bicyclic) bond motifs is 6. The number of ether oxygens (including phenoxy) is 2. The molecule has 6 aliphatic rings. The number of carbonyl (C=O) groups is 14. The van der Waals surface area contributed by atoms with Crippen LogP contribution in [0.3, 0.4) is 0 Å². The van der Waals surface area contributed by atoms with E-state index in [2.05, 4.69) is 47.9 Å². The van der Waals surface area contributed by atoms with Gasteiger partial charge in [0.2, 0.25) is 59.1 Å². The Morgan fingerprint density at radius 2 is 0.706 bits per heavy atom. The lowest BCUT2D eigenvalue weighted by atomic mass is 9.97. The summed E-state index contributed by atoms with van der Waals surface area (Å²) in [6, 6.07) is 10.8. The lowest BCUT2D eigenvalue weighted by molar-refractivity contribution is -0.147. The maximum Gasteiger partial charge on any atom is 0.417 e. The number of benzene rings is 4. The van der Waals surface area contributed by atoms with E-state index >= 15 is 28.8 Å². The Morgan fingerprint density at radius 1 is 0.397 bits per heavy atom. The van der Waals surface area contributed by atoms with E-state index in [4.69, 9.17) is 38.8 Å². The van der Waals surface area contributed by atoms with E-state index in [9.17, 15) is 38.4 Å². The van der Waals surface area contributed by atoms with Gasteiger partial charge in [-0.1, -0.05) is 218 Å². The minimum absolute atomic E-state index is 0.130. The van der Waals surface area contributed by atoms with Gasteiger partial charge in [-0.3, -0.25) is 57.5 Å². The minimum atomic E-state index is -3.19. The molecule has 126 heavy (non-hydrogen) atoms. The molecule has 0 heterocycles. The molecule has 0 radical (unpaired) electrons. The molecule has 0 saturated heterocycles. The zero-order valence-corrected chi connectivity index (χ0v) is 78.8. The van der Waals surface area contributed by atoms with Crippen LogP contribution in [0.2, 0.25) is 0 Å². The van der Waals surface area contributed by atoms with Crippen molar-refractivity contribution >= 4 is 119 Å². The Balaban J connectivity index is 1.11. The molecule has 686 valence electrons. The van der Waals surface area contributed by atoms with Crippen LogP contribution < -0.4 is 53.6 Å². The molecule has 6 aliphatic carbocycles. The molecule has 10 atom stereocenters. The van der Waals surface area contributed by atoms with Gasteiger partial charge in [0.1, 0.15) is 78.7 Å². The van der Waals surface area contributed by atoms with Crippen molar-refractivity contribution in [1.82, 2.24) is 57.7 Å². The summed E-state index contributed by atoms with van der Waals surface area (Å²) in [7, 11) is 0. The highest BCUT2D eigenvalue weighted by Gasteiger charge is 2.54. The number of carbonyl (C=O) groups excluding carboxylic acids is 14. The highest BCUT2D eigenvalue weighted by atomic mass is 32.4. The minimum Gasteiger partial charge on any atom is -0.448 e. The second kappa shape index (κ2) is 43.7. The third kappa shape index (κ3) is 23.6. The van der Waals surface area contributed by atoms with Gasteiger partial charge in [0, 0.05) is 31.1 Å². The second-order valence-corrected chi connectivity index (χ2v) is 47.9. The summed E-state index contributed by atoms with van der Waals surface area (Å²) in [5.74, 6) is -12.2. The van der Waals surface area contributed by atoms with E-state index in [1.54, 1.807) is 13.8 Å². The molecule has 4 aromatic rings. The zero-order valence-electron chi connectivity index (χ0n) is 75.4. The molecule has 28 nitrogen and oxygen atoms in total. The van der Waals surface area contributed by atoms with Crippen molar-refractivity contribution in [1.29, 1.82) is 0 Å². The first-order chi connectivity index (χ1) is 59.7. The maximum absolute atomic E-state index is 18.3. The summed E-state index contributed by atoms with van der Waals surface area (Å²) >= 11 is 14.7. The summed E-state index contributed by atoms with van der Waals surface area (Å²) < 4.78 is 13.4. The van der Waals surface area contributed by atoms with Crippen molar-refractivity contribution in [3.8, 4) is 22.3 Å². The average molecular weight is 1810 g/mol. The number of hydrogen-bond donors (Lipinski definition) is 10. The van der Waals surface area contributed by atoms with Crippen LogP contribution in [0.15, 0.2) is 97.1 Å². The van der Waals surface area contributed by atoms with Gasteiger partial charge in [0.05, 0.1) is 0 Å². The normalized spacial score (nSPS) is 18.4. The highest BCUT2D eigenvalue weighted by Crippen LogP contribution is 2.66. The number of nitrogens with one attached hydrogen (secondary N) is 9. The van der Waals surface area contributed by atoms with Crippen molar-refractivity contribution in [3.63, 3.8) is 0 Å². The van der Waals surface area contributed by atoms with Gasteiger partial charge in [0.25, 0.3) is 11.8 Å². The Labute approximate surface area is 752 Å². The zero-order chi connectivity index (χ0) is 91.9. The molecule has 0 unspecified atom stereocenters. The van der Waals surface area contributed by atoms with Crippen LogP contribution in [0.25, 0.3) is 22.3 Å². The van der Waals surface area contributed by atoms with Crippen LogP contribution in [0.5, 0.6) is 0 Å². The van der Waals surface area contributed by atoms with Crippen molar-refractivity contribution in [3.05, 3.63) is 119 Å². The average Bonchev–Trinajstić information content (AvgIpc) is 1.69. The number of rotatable bonds is 36. The molecular weight excluding hydrogens is 1680 g/mol. The summed E-state index contributed by atoms with van der Waals surface area (Å²) in [6.07, 6.45) is 12.8. The maximum atomic E-state index is 18.3. The molecule has 0 aliphatic heterocycles. The number of imide groups is 2. The molecule has 4 aromatic carbocycles. The van der Waals surface area contributed by atoms with Crippen molar-refractivity contribution in [2.45, 2.75) is 325 Å². The second-order valence-electron chi connectivity index (χ2n) is 36.8. The third-order valence-corrected chi connectivity index (χ3v) is 40.1. The Bertz CT molecular complexity index is 4650. The van der Waals surface area contributed by atoms with Gasteiger partial charge in [0.15, 0.2) is 0 Å². The van der Waals surface area contributed by atoms with E-state index in [1.165, 1.54) is 76.2 Å². The van der Waals surface area contributed by atoms with Crippen LogP contribution >= 0.6 is 12.1 Å². The first-order valence-electron chi connectivity index (χ1n) is 45.3. The molecule has 4 saturated carbocycles. The topological polar surface area (TPSA) is 398 Å². The lowest BCUT2D eigenvalue weighted by Crippen LogP contribution is -2.65. The molecule has 0 spiro atoms. The van der Waals surface area contributed by atoms with Gasteiger partial charge in [-0.25, -0.2) is 19.4 Å². The van der Waals surface area contributed by atoms with Gasteiger partial charge >= 0.3 is 12.2 Å². The number of hydrogen-bond acceptors (Lipinski definition) is 18. The smallest absolute Gasteiger partial charge is 0.417 e. The summed E-state index contributed by atoms with van der Waals surface area (Å²) in [4.78, 5) is 211. The first-order valence-corrected chi connectivity index (χ1v) is 51.5. The van der Waals surface area contributed by atoms with Gasteiger partial charge in [-0.05, 0) is 206 Å². The number of nitrogens with zero attached hydrogens (tertiary/aromatic N) is 2. The summed E-state index contributed by atoms with van der Waals surface area (Å²) in [5, 5.41) is 23.9. The molecule has 4 fully saturated rings. The third-order valence-electron chi connectivity index (χ3n) is 26.8. The van der Waals surface area contributed by atoms with Crippen molar-refractivity contribution in [2.75, 3.05) is 25.5 Å². The monoisotopic (exact) mass is 1810 g/mol. The van der Waals surface area contributed by atoms with Gasteiger partial charge in [-0.15, -0.1) is 0 Å². The Morgan fingerprint density at radius 3 is 1.07 bits per heavy atom.